The zero-order valence-electron chi connectivity index (χ0n) is 13.8. The zero-order chi connectivity index (χ0) is 18.1. The summed E-state index contributed by atoms with van der Waals surface area (Å²) in [7, 11) is 0. The molecule has 0 radical (unpaired) electrons. The lowest BCUT2D eigenvalue weighted by Gasteiger charge is -2.03. The van der Waals surface area contributed by atoms with Crippen LogP contribution in [0, 0.1) is 6.92 Å². The molecule has 0 saturated heterocycles. The molecule has 0 amide bonds. The molecule has 0 aliphatic rings. The second kappa shape index (κ2) is 6.93. The predicted octanol–water partition coefficient (Wildman–Crippen LogP) is 3.73. The van der Waals surface area contributed by atoms with Gasteiger partial charge in [-0.2, -0.15) is 0 Å². The molecule has 0 atom stereocenters. The van der Waals surface area contributed by atoms with Gasteiger partial charge in [-0.05, 0) is 48.9 Å². The van der Waals surface area contributed by atoms with E-state index in [4.69, 9.17) is 11.6 Å². The Morgan fingerprint density at radius 3 is 2.77 bits per heavy atom. The SMILES string of the molecule is Cc1ccn2c(=O)cc(CSc3n[nH]c(-c4ccc(Cl)cc4)n3)nc2c1. The van der Waals surface area contributed by atoms with Crippen molar-refractivity contribution in [3.05, 3.63) is 75.3 Å². The first kappa shape index (κ1) is 16.8. The number of hydrogen-bond acceptors (Lipinski definition) is 5. The molecule has 0 aliphatic carbocycles. The minimum absolute atomic E-state index is 0.0950. The van der Waals surface area contributed by atoms with E-state index in [0.29, 0.717) is 33.1 Å². The molecule has 0 spiro atoms. The van der Waals surface area contributed by atoms with Crippen molar-refractivity contribution in [2.24, 2.45) is 0 Å². The molecule has 26 heavy (non-hydrogen) atoms. The van der Waals surface area contributed by atoms with Crippen LogP contribution in [0.1, 0.15) is 11.3 Å². The Morgan fingerprint density at radius 2 is 1.96 bits per heavy atom. The molecule has 4 aromatic rings. The Bertz CT molecular complexity index is 1140. The van der Waals surface area contributed by atoms with Gasteiger partial charge in [0, 0.05) is 28.6 Å². The van der Waals surface area contributed by atoms with Crippen LogP contribution < -0.4 is 5.56 Å². The normalized spacial score (nSPS) is 11.2. The van der Waals surface area contributed by atoms with Crippen LogP contribution >= 0.6 is 23.4 Å². The van der Waals surface area contributed by atoms with E-state index in [1.54, 1.807) is 24.4 Å². The summed E-state index contributed by atoms with van der Waals surface area (Å²) in [5.41, 5.74) is 3.21. The van der Waals surface area contributed by atoms with Gasteiger partial charge in [-0.25, -0.2) is 9.97 Å². The molecule has 130 valence electrons. The van der Waals surface area contributed by atoms with Crippen LogP contribution in [0.5, 0.6) is 0 Å². The maximum absolute atomic E-state index is 12.2. The van der Waals surface area contributed by atoms with Gasteiger partial charge in [-0.3, -0.25) is 14.3 Å². The van der Waals surface area contributed by atoms with Gasteiger partial charge in [-0.1, -0.05) is 23.4 Å². The Labute approximate surface area is 158 Å². The molecule has 1 N–H and O–H groups in total. The Kier molecular flexibility index (Phi) is 4.48. The van der Waals surface area contributed by atoms with Crippen LogP contribution in [0.3, 0.4) is 0 Å². The van der Waals surface area contributed by atoms with E-state index in [0.717, 1.165) is 11.1 Å². The van der Waals surface area contributed by atoms with E-state index in [2.05, 4.69) is 20.2 Å². The molecule has 0 aliphatic heterocycles. The van der Waals surface area contributed by atoms with Gasteiger partial charge in [-0.15, -0.1) is 5.10 Å². The summed E-state index contributed by atoms with van der Waals surface area (Å²) < 4.78 is 1.53. The Hall–Kier alpha value is -2.64. The number of rotatable bonds is 4. The van der Waals surface area contributed by atoms with Crippen molar-refractivity contribution in [1.29, 1.82) is 0 Å². The third-order valence-electron chi connectivity index (χ3n) is 3.81. The molecule has 0 fully saturated rings. The van der Waals surface area contributed by atoms with Crippen molar-refractivity contribution in [3.8, 4) is 11.4 Å². The van der Waals surface area contributed by atoms with Crippen molar-refractivity contribution in [2.75, 3.05) is 0 Å². The number of nitrogens with zero attached hydrogens (tertiary/aromatic N) is 4. The monoisotopic (exact) mass is 383 g/mol. The quantitative estimate of drug-likeness (QED) is 0.543. The van der Waals surface area contributed by atoms with Gasteiger partial charge in [0.1, 0.15) is 5.65 Å². The van der Waals surface area contributed by atoms with Gasteiger partial charge in [0.25, 0.3) is 5.56 Å². The number of pyridine rings is 1. The maximum atomic E-state index is 12.2. The van der Waals surface area contributed by atoms with Crippen LogP contribution in [0.25, 0.3) is 17.0 Å². The molecular formula is C18H14ClN5OS. The zero-order valence-corrected chi connectivity index (χ0v) is 15.4. The van der Waals surface area contributed by atoms with Crippen LogP contribution in [0.4, 0.5) is 0 Å². The number of aryl methyl sites for hydroxylation is 1. The van der Waals surface area contributed by atoms with E-state index in [1.165, 1.54) is 16.2 Å². The van der Waals surface area contributed by atoms with Crippen molar-refractivity contribution < 1.29 is 0 Å². The highest BCUT2D eigenvalue weighted by molar-refractivity contribution is 7.98. The summed E-state index contributed by atoms with van der Waals surface area (Å²) in [5.74, 6) is 1.18. The number of thioether (sulfide) groups is 1. The van der Waals surface area contributed by atoms with E-state index < -0.39 is 0 Å². The Morgan fingerprint density at radius 1 is 1.15 bits per heavy atom. The summed E-state index contributed by atoms with van der Waals surface area (Å²) in [6.45, 7) is 1.97. The van der Waals surface area contributed by atoms with E-state index >= 15 is 0 Å². The molecule has 1 aromatic carbocycles. The molecule has 0 saturated carbocycles. The smallest absolute Gasteiger partial charge is 0.258 e. The van der Waals surface area contributed by atoms with Crippen LogP contribution in [-0.4, -0.2) is 24.6 Å². The first-order valence-electron chi connectivity index (χ1n) is 7.88. The highest BCUT2D eigenvalue weighted by Crippen LogP contribution is 2.22. The third kappa shape index (κ3) is 3.49. The lowest BCUT2D eigenvalue weighted by Crippen LogP contribution is -2.15. The number of benzene rings is 1. The molecule has 0 bridgehead atoms. The highest BCUT2D eigenvalue weighted by Gasteiger charge is 2.08. The number of H-pyrrole nitrogens is 1. The standard InChI is InChI=1S/C18H14ClN5OS/c1-11-6-7-24-15(8-11)20-14(9-16(24)25)10-26-18-21-17(22-23-18)12-2-4-13(19)5-3-12/h2-9H,10H2,1H3,(H,21,22,23). The average Bonchev–Trinajstić information content (AvgIpc) is 3.09. The minimum atomic E-state index is -0.0950. The molecule has 0 unspecified atom stereocenters. The second-order valence-corrected chi connectivity index (χ2v) is 7.16. The summed E-state index contributed by atoms with van der Waals surface area (Å²) in [5, 5.41) is 8.40. The first-order chi connectivity index (χ1) is 12.6. The summed E-state index contributed by atoms with van der Waals surface area (Å²) in [4.78, 5) is 21.2. The van der Waals surface area contributed by atoms with Crippen LogP contribution in [0.2, 0.25) is 5.02 Å². The van der Waals surface area contributed by atoms with Crippen LogP contribution in [-0.2, 0) is 5.75 Å². The molecule has 6 nitrogen and oxygen atoms in total. The summed E-state index contributed by atoms with van der Waals surface area (Å²) in [6, 6.07) is 12.7. The fourth-order valence-corrected chi connectivity index (χ4v) is 3.33. The lowest BCUT2D eigenvalue weighted by atomic mass is 10.2. The van der Waals surface area contributed by atoms with Gasteiger partial charge in [0.05, 0.1) is 5.69 Å². The number of fused-ring (bicyclic) bond motifs is 1. The number of halogens is 1. The number of aromatic amines is 1. The topological polar surface area (TPSA) is 75.9 Å². The second-order valence-electron chi connectivity index (χ2n) is 5.78. The van der Waals surface area contributed by atoms with Gasteiger partial charge < -0.3 is 0 Å². The molecule has 8 heteroatoms. The number of aromatic nitrogens is 5. The molecular weight excluding hydrogens is 370 g/mol. The van der Waals surface area contributed by atoms with Crippen molar-refractivity contribution in [3.63, 3.8) is 0 Å². The lowest BCUT2D eigenvalue weighted by molar-refractivity contribution is 0.967. The van der Waals surface area contributed by atoms with Gasteiger partial charge in [0.15, 0.2) is 5.82 Å². The minimum Gasteiger partial charge on any atom is -0.269 e. The highest BCUT2D eigenvalue weighted by atomic mass is 35.5. The van der Waals surface area contributed by atoms with Crippen LogP contribution in [0.15, 0.2) is 58.6 Å². The van der Waals surface area contributed by atoms with E-state index in [-0.39, 0.29) is 5.56 Å². The van der Waals surface area contributed by atoms with Crippen molar-refractivity contribution >= 4 is 29.0 Å². The predicted molar refractivity (Wildman–Crippen MR) is 103 cm³/mol. The fourth-order valence-electron chi connectivity index (χ4n) is 2.51. The molecule has 3 aromatic heterocycles. The molecule has 4 rings (SSSR count). The summed E-state index contributed by atoms with van der Waals surface area (Å²) >= 11 is 7.32. The van der Waals surface area contributed by atoms with E-state index in [1.807, 2.05) is 31.2 Å². The number of hydrogen-bond donors (Lipinski definition) is 1. The van der Waals surface area contributed by atoms with Crippen molar-refractivity contribution in [1.82, 2.24) is 24.6 Å². The average molecular weight is 384 g/mol. The van der Waals surface area contributed by atoms with Gasteiger partial charge >= 0.3 is 0 Å². The van der Waals surface area contributed by atoms with Gasteiger partial charge in [0.2, 0.25) is 5.16 Å². The Balaban J connectivity index is 1.53. The molecule has 3 heterocycles. The largest absolute Gasteiger partial charge is 0.269 e. The van der Waals surface area contributed by atoms with E-state index in [9.17, 15) is 4.79 Å². The summed E-state index contributed by atoms with van der Waals surface area (Å²) in [6.07, 6.45) is 1.74. The number of nitrogens with one attached hydrogen (secondary N) is 1. The fraction of sp³-hybridized carbons (Fsp3) is 0.111. The first-order valence-corrected chi connectivity index (χ1v) is 9.25. The van der Waals surface area contributed by atoms with Crippen molar-refractivity contribution in [2.45, 2.75) is 17.8 Å². The third-order valence-corrected chi connectivity index (χ3v) is 4.94. The maximum Gasteiger partial charge on any atom is 0.258 e.